The molecule has 0 aromatic heterocycles. The largest absolute Gasteiger partial charge is 0.250 e. The first-order valence-corrected chi connectivity index (χ1v) is 2.72. The summed E-state index contributed by atoms with van der Waals surface area (Å²) in [5.74, 6) is -2.41. The SMILES string of the molecule is FC1(F)CC[N]CC1. The van der Waals surface area contributed by atoms with Gasteiger partial charge in [0.2, 0.25) is 0 Å². The van der Waals surface area contributed by atoms with Crippen LogP contribution in [-0.4, -0.2) is 19.0 Å². The number of hydrogen-bond acceptors (Lipinski definition) is 0. The Balaban J connectivity index is 2.33. The fraction of sp³-hybridized carbons (Fsp3) is 1.00. The maximum Gasteiger partial charge on any atom is 0.250 e. The smallest absolute Gasteiger partial charge is 0.241 e. The lowest BCUT2D eigenvalue weighted by molar-refractivity contribution is -0.0281. The molecule has 1 saturated heterocycles. The van der Waals surface area contributed by atoms with E-state index < -0.39 is 5.92 Å². The van der Waals surface area contributed by atoms with Crippen LogP contribution in [0.1, 0.15) is 12.8 Å². The number of nitrogens with zero attached hydrogens (tertiary/aromatic N) is 1. The molecule has 0 unspecified atom stereocenters. The van der Waals surface area contributed by atoms with Crippen molar-refractivity contribution in [3.05, 3.63) is 0 Å². The summed E-state index contributed by atoms with van der Waals surface area (Å²) in [7, 11) is 0. The zero-order chi connectivity index (χ0) is 6.04. The predicted octanol–water partition coefficient (Wildman–Crippen LogP) is 1.02. The van der Waals surface area contributed by atoms with Crippen molar-refractivity contribution in [2.24, 2.45) is 0 Å². The van der Waals surface area contributed by atoms with E-state index in [1.54, 1.807) is 0 Å². The fourth-order valence-corrected chi connectivity index (χ4v) is 0.722. The van der Waals surface area contributed by atoms with Crippen LogP contribution in [0.15, 0.2) is 0 Å². The zero-order valence-electron chi connectivity index (χ0n) is 4.53. The van der Waals surface area contributed by atoms with Crippen molar-refractivity contribution in [2.45, 2.75) is 18.8 Å². The van der Waals surface area contributed by atoms with Gasteiger partial charge in [0, 0.05) is 25.9 Å². The normalized spacial score (nSPS) is 27.8. The average Bonchev–Trinajstić information content (AvgIpc) is 1.65. The van der Waals surface area contributed by atoms with Crippen molar-refractivity contribution in [3.8, 4) is 0 Å². The maximum atomic E-state index is 12.1. The first-order valence-electron chi connectivity index (χ1n) is 2.72. The number of halogens is 2. The third-order valence-corrected chi connectivity index (χ3v) is 1.27. The molecule has 0 N–H and O–H groups in total. The first kappa shape index (κ1) is 5.95. The number of hydrogen-bond donors (Lipinski definition) is 0. The van der Waals surface area contributed by atoms with E-state index in [2.05, 4.69) is 5.32 Å². The first-order chi connectivity index (χ1) is 3.71. The van der Waals surface area contributed by atoms with Gasteiger partial charge in [0.15, 0.2) is 0 Å². The van der Waals surface area contributed by atoms with Crippen LogP contribution in [0.5, 0.6) is 0 Å². The van der Waals surface area contributed by atoms with E-state index in [1.807, 2.05) is 0 Å². The molecule has 1 aliphatic rings. The number of rotatable bonds is 0. The van der Waals surface area contributed by atoms with E-state index in [-0.39, 0.29) is 12.8 Å². The summed E-state index contributed by atoms with van der Waals surface area (Å²) in [6.07, 6.45) is -0.0972. The maximum absolute atomic E-state index is 12.1. The van der Waals surface area contributed by atoms with Crippen LogP contribution in [-0.2, 0) is 0 Å². The van der Waals surface area contributed by atoms with Crippen LogP contribution in [0.25, 0.3) is 0 Å². The van der Waals surface area contributed by atoms with Crippen molar-refractivity contribution in [1.29, 1.82) is 0 Å². The molecule has 1 nitrogen and oxygen atoms in total. The Kier molecular flexibility index (Phi) is 1.47. The fourth-order valence-electron chi connectivity index (χ4n) is 0.722. The third kappa shape index (κ3) is 1.40. The topological polar surface area (TPSA) is 14.1 Å². The highest BCUT2D eigenvalue weighted by Gasteiger charge is 2.30. The molecule has 0 saturated carbocycles. The zero-order valence-corrected chi connectivity index (χ0v) is 4.53. The van der Waals surface area contributed by atoms with Gasteiger partial charge in [-0.25, -0.2) is 14.1 Å². The second kappa shape index (κ2) is 1.97. The minimum Gasteiger partial charge on any atom is -0.241 e. The van der Waals surface area contributed by atoms with Gasteiger partial charge in [-0.15, -0.1) is 0 Å². The molecule has 0 aromatic rings. The molecule has 0 bridgehead atoms. The summed E-state index contributed by atoms with van der Waals surface area (Å²) in [5.41, 5.74) is 0. The monoisotopic (exact) mass is 120 g/mol. The lowest BCUT2D eigenvalue weighted by atomic mass is 10.1. The molecule has 1 radical (unpaired) electrons. The summed E-state index contributed by atoms with van der Waals surface area (Å²) < 4.78 is 24.3. The summed E-state index contributed by atoms with van der Waals surface area (Å²) in [6, 6.07) is 0. The van der Waals surface area contributed by atoms with Crippen molar-refractivity contribution in [2.75, 3.05) is 13.1 Å². The lowest BCUT2D eigenvalue weighted by Gasteiger charge is -2.20. The molecule has 47 valence electrons. The highest BCUT2D eigenvalue weighted by molar-refractivity contribution is 4.73. The van der Waals surface area contributed by atoms with Crippen molar-refractivity contribution < 1.29 is 8.78 Å². The predicted molar refractivity (Wildman–Crippen MR) is 26.0 cm³/mol. The van der Waals surface area contributed by atoms with E-state index in [0.29, 0.717) is 13.1 Å². The van der Waals surface area contributed by atoms with Crippen LogP contribution >= 0.6 is 0 Å². The van der Waals surface area contributed by atoms with Crippen LogP contribution in [0.4, 0.5) is 8.78 Å². The van der Waals surface area contributed by atoms with Crippen LogP contribution in [0.3, 0.4) is 0 Å². The molecule has 0 aromatic carbocycles. The Hall–Kier alpha value is -0.180. The second-order valence-electron chi connectivity index (χ2n) is 2.03. The van der Waals surface area contributed by atoms with Crippen LogP contribution < -0.4 is 5.32 Å². The van der Waals surface area contributed by atoms with Gasteiger partial charge in [-0.05, 0) is 0 Å². The minimum absolute atomic E-state index is 0.0486. The quantitative estimate of drug-likeness (QED) is 0.453. The molecular formula is C5H8F2N. The molecule has 8 heavy (non-hydrogen) atoms. The summed E-state index contributed by atoms with van der Waals surface area (Å²) in [4.78, 5) is 0. The molecule has 0 aliphatic carbocycles. The molecular weight excluding hydrogens is 112 g/mol. The number of alkyl halides is 2. The minimum atomic E-state index is -2.41. The Morgan fingerprint density at radius 1 is 1.12 bits per heavy atom. The highest BCUT2D eigenvalue weighted by atomic mass is 19.3. The van der Waals surface area contributed by atoms with Crippen LogP contribution in [0, 0.1) is 0 Å². The van der Waals surface area contributed by atoms with Gasteiger partial charge in [-0.2, -0.15) is 0 Å². The van der Waals surface area contributed by atoms with Gasteiger partial charge >= 0.3 is 0 Å². The molecule has 0 atom stereocenters. The second-order valence-corrected chi connectivity index (χ2v) is 2.03. The van der Waals surface area contributed by atoms with Gasteiger partial charge < -0.3 is 0 Å². The molecule has 3 heteroatoms. The van der Waals surface area contributed by atoms with E-state index >= 15 is 0 Å². The van der Waals surface area contributed by atoms with E-state index in [9.17, 15) is 8.78 Å². The third-order valence-electron chi connectivity index (χ3n) is 1.27. The molecule has 1 aliphatic heterocycles. The Morgan fingerprint density at radius 3 is 1.88 bits per heavy atom. The van der Waals surface area contributed by atoms with Gasteiger partial charge in [0.05, 0.1) is 0 Å². The standard InChI is InChI=1S/C5H8F2N/c6-5(7)1-3-8-4-2-5/h1-4H2. The van der Waals surface area contributed by atoms with E-state index in [0.717, 1.165) is 0 Å². The van der Waals surface area contributed by atoms with Gasteiger partial charge in [0.25, 0.3) is 5.92 Å². The summed E-state index contributed by atoms with van der Waals surface area (Å²) in [5, 5.41) is 3.79. The number of piperidine rings is 1. The average molecular weight is 120 g/mol. The van der Waals surface area contributed by atoms with E-state index in [1.165, 1.54) is 0 Å². The Morgan fingerprint density at radius 2 is 1.62 bits per heavy atom. The molecule has 1 rings (SSSR count). The van der Waals surface area contributed by atoms with Crippen molar-refractivity contribution in [1.82, 2.24) is 5.32 Å². The molecule has 0 spiro atoms. The van der Waals surface area contributed by atoms with Crippen molar-refractivity contribution >= 4 is 0 Å². The summed E-state index contributed by atoms with van der Waals surface area (Å²) in [6.45, 7) is 0.681. The molecule has 1 heterocycles. The molecule has 1 fully saturated rings. The lowest BCUT2D eigenvalue weighted by Crippen LogP contribution is -2.31. The summed E-state index contributed by atoms with van der Waals surface area (Å²) >= 11 is 0. The Labute approximate surface area is 47.1 Å². The molecule has 0 amide bonds. The Bertz CT molecular complexity index is 74.5. The van der Waals surface area contributed by atoms with Crippen LogP contribution in [0.2, 0.25) is 0 Å². The van der Waals surface area contributed by atoms with Gasteiger partial charge in [-0.1, -0.05) is 0 Å². The van der Waals surface area contributed by atoms with E-state index in [4.69, 9.17) is 0 Å². The highest BCUT2D eigenvalue weighted by Crippen LogP contribution is 2.24. The van der Waals surface area contributed by atoms with Gasteiger partial charge in [-0.3, -0.25) is 0 Å². The van der Waals surface area contributed by atoms with Crippen molar-refractivity contribution in [3.63, 3.8) is 0 Å². The van der Waals surface area contributed by atoms with Gasteiger partial charge in [0.1, 0.15) is 0 Å².